The number of fused-ring (bicyclic) bond motifs is 1. The predicted molar refractivity (Wildman–Crippen MR) is 81.0 cm³/mol. The van der Waals surface area contributed by atoms with Crippen molar-refractivity contribution in [2.24, 2.45) is 5.73 Å². The number of halogens is 3. The molecule has 0 atom stereocenters. The highest BCUT2D eigenvalue weighted by Gasteiger charge is 2.31. The second-order valence-corrected chi connectivity index (χ2v) is 5.50. The average molecular weight is 365 g/mol. The summed E-state index contributed by atoms with van der Waals surface area (Å²) < 4.78 is 40.8. The number of carbonyl (C=O) groups excluding carboxylic acids is 2. The van der Waals surface area contributed by atoms with Crippen LogP contribution in [0.3, 0.4) is 0 Å². The van der Waals surface area contributed by atoms with E-state index < -0.39 is 23.9 Å². The van der Waals surface area contributed by atoms with Crippen LogP contribution in [0.4, 0.5) is 13.2 Å². The molecule has 1 radical (unpaired) electrons. The third-order valence-corrected chi connectivity index (χ3v) is 3.68. The van der Waals surface area contributed by atoms with Gasteiger partial charge in [0, 0.05) is 17.7 Å². The van der Waals surface area contributed by atoms with Gasteiger partial charge in [0.2, 0.25) is 5.82 Å². The van der Waals surface area contributed by atoms with Crippen LogP contribution in [0, 0.1) is 6.20 Å². The lowest BCUT2D eigenvalue weighted by atomic mass is 10.1. The van der Waals surface area contributed by atoms with Crippen LogP contribution in [-0.4, -0.2) is 39.6 Å². The van der Waals surface area contributed by atoms with E-state index in [0.717, 1.165) is 12.1 Å². The molecule has 10 heteroatoms. The van der Waals surface area contributed by atoms with Crippen molar-refractivity contribution in [3.63, 3.8) is 0 Å². The van der Waals surface area contributed by atoms with Gasteiger partial charge in [-0.1, -0.05) is 6.07 Å². The first kappa shape index (κ1) is 17.6. The Morgan fingerprint density at radius 3 is 2.77 bits per heavy atom. The Labute approximate surface area is 145 Å². The van der Waals surface area contributed by atoms with Crippen molar-refractivity contribution < 1.29 is 27.5 Å². The Hall–Kier alpha value is -3.17. The molecule has 0 saturated carbocycles. The number of aromatic nitrogens is 2. The Morgan fingerprint density at radius 1 is 1.31 bits per heavy atom. The molecule has 0 aliphatic carbocycles. The Morgan fingerprint density at radius 2 is 2.08 bits per heavy atom. The number of carbonyl (C=O) groups is 2. The van der Waals surface area contributed by atoms with Crippen LogP contribution >= 0.6 is 0 Å². The number of benzene rings is 1. The van der Waals surface area contributed by atoms with Crippen molar-refractivity contribution in [3.05, 3.63) is 53.1 Å². The third kappa shape index (κ3) is 3.90. The summed E-state index contributed by atoms with van der Waals surface area (Å²) in [6.07, 6.45) is -1.77. The van der Waals surface area contributed by atoms with E-state index in [4.69, 9.17) is 5.73 Å². The molecule has 1 aliphatic rings. The number of nitrogens with zero attached hydrogens (tertiary/aromatic N) is 3. The fourth-order valence-electron chi connectivity index (χ4n) is 2.54. The number of hydrogen-bond acceptors (Lipinski definition) is 5. The van der Waals surface area contributed by atoms with Gasteiger partial charge in [-0.15, -0.1) is 13.2 Å². The topological polar surface area (TPSA) is 98.4 Å². The van der Waals surface area contributed by atoms with E-state index in [1.54, 1.807) is 0 Å². The zero-order valence-corrected chi connectivity index (χ0v) is 13.2. The monoisotopic (exact) mass is 365 g/mol. The minimum Gasteiger partial charge on any atom is -0.406 e. The first-order chi connectivity index (χ1) is 12.2. The quantitative estimate of drug-likeness (QED) is 0.888. The molecule has 0 saturated heterocycles. The maximum Gasteiger partial charge on any atom is 0.573 e. The van der Waals surface area contributed by atoms with E-state index in [1.807, 2.05) is 0 Å². The molecule has 1 aromatic heterocycles. The summed E-state index contributed by atoms with van der Waals surface area (Å²) in [5, 5.41) is 0. The molecular formula is C16H12F3N4O3. The molecule has 0 unspecified atom stereocenters. The van der Waals surface area contributed by atoms with Crippen LogP contribution in [0.5, 0.6) is 5.75 Å². The van der Waals surface area contributed by atoms with E-state index in [2.05, 4.69) is 20.9 Å². The summed E-state index contributed by atoms with van der Waals surface area (Å²) >= 11 is 0. The highest BCUT2D eigenvalue weighted by Crippen LogP contribution is 2.25. The molecule has 0 fully saturated rings. The normalized spacial score (nSPS) is 13.9. The Balaban J connectivity index is 1.80. The van der Waals surface area contributed by atoms with Gasteiger partial charge in [-0.3, -0.25) is 9.59 Å². The van der Waals surface area contributed by atoms with E-state index in [9.17, 15) is 22.8 Å². The number of alkyl halides is 3. The van der Waals surface area contributed by atoms with Crippen molar-refractivity contribution in [2.45, 2.75) is 19.3 Å². The molecule has 2 amide bonds. The van der Waals surface area contributed by atoms with Crippen molar-refractivity contribution in [2.75, 3.05) is 6.54 Å². The molecule has 1 aliphatic heterocycles. The van der Waals surface area contributed by atoms with Crippen LogP contribution in [0.2, 0.25) is 0 Å². The van der Waals surface area contributed by atoms with Gasteiger partial charge in [0.25, 0.3) is 11.8 Å². The maximum absolute atomic E-state index is 12.6. The number of rotatable bonds is 3. The van der Waals surface area contributed by atoms with Gasteiger partial charge < -0.3 is 15.4 Å². The standard InChI is InChI=1S/C16H12F3N4O3/c17-16(18,19)26-11-3-1-2-9(6-11)15(25)23-5-4-10-7-21-14(13(20)24)22-12(10)8-23/h1-3,6H,4-5,8H2,(H2,20,24). The minimum absolute atomic E-state index is 0.0448. The Kier molecular flexibility index (Phi) is 4.49. The van der Waals surface area contributed by atoms with Crippen LogP contribution in [0.25, 0.3) is 0 Å². The fraction of sp³-hybridized carbons (Fsp3) is 0.250. The van der Waals surface area contributed by atoms with Crippen molar-refractivity contribution >= 4 is 11.8 Å². The molecule has 26 heavy (non-hydrogen) atoms. The van der Waals surface area contributed by atoms with Gasteiger partial charge in [0.05, 0.1) is 18.4 Å². The SMILES string of the molecule is NC(=O)c1n[c]c2c(n1)CN(C(=O)c1cccc(OC(F)(F)F)c1)CC2. The molecule has 0 bridgehead atoms. The number of primary amides is 1. The van der Waals surface area contributed by atoms with Gasteiger partial charge in [0.1, 0.15) is 5.75 Å². The van der Waals surface area contributed by atoms with Crippen LogP contribution in [0.15, 0.2) is 24.3 Å². The average Bonchev–Trinajstić information content (AvgIpc) is 2.58. The van der Waals surface area contributed by atoms with Gasteiger partial charge in [-0.05, 0) is 24.6 Å². The fourth-order valence-corrected chi connectivity index (χ4v) is 2.54. The summed E-state index contributed by atoms with van der Waals surface area (Å²) in [5.41, 5.74) is 6.26. The van der Waals surface area contributed by atoms with Crippen LogP contribution in [0.1, 0.15) is 32.2 Å². The zero-order chi connectivity index (χ0) is 18.9. The first-order valence-corrected chi connectivity index (χ1v) is 7.45. The summed E-state index contributed by atoms with van der Waals surface area (Å²) in [5.74, 6) is -1.99. The minimum atomic E-state index is -4.84. The van der Waals surface area contributed by atoms with Gasteiger partial charge in [-0.2, -0.15) is 0 Å². The second kappa shape index (κ2) is 6.62. The smallest absolute Gasteiger partial charge is 0.406 e. The summed E-state index contributed by atoms with van der Waals surface area (Å²) in [7, 11) is 0. The van der Waals surface area contributed by atoms with Crippen molar-refractivity contribution in [1.82, 2.24) is 14.9 Å². The number of nitrogens with two attached hydrogens (primary N) is 1. The van der Waals surface area contributed by atoms with Crippen molar-refractivity contribution in [1.29, 1.82) is 0 Å². The lowest BCUT2D eigenvalue weighted by Gasteiger charge is -2.28. The lowest BCUT2D eigenvalue weighted by Crippen LogP contribution is -2.37. The van der Waals surface area contributed by atoms with Gasteiger partial charge in [-0.25, -0.2) is 9.97 Å². The highest BCUT2D eigenvalue weighted by molar-refractivity contribution is 5.94. The molecule has 7 nitrogen and oxygen atoms in total. The number of hydrogen-bond donors (Lipinski definition) is 1. The maximum atomic E-state index is 12.6. The van der Waals surface area contributed by atoms with E-state index >= 15 is 0 Å². The molecule has 135 valence electrons. The molecular weight excluding hydrogens is 353 g/mol. The molecule has 2 N–H and O–H groups in total. The van der Waals surface area contributed by atoms with E-state index in [0.29, 0.717) is 24.2 Å². The largest absolute Gasteiger partial charge is 0.573 e. The van der Waals surface area contributed by atoms with Crippen molar-refractivity contribution in [3.8, 4) is 5.75 Å². The number of amides is 2. The highest BCUT2D eigenvalue weighted by atomic mass is 19.4. The predicted octanol–water partition coefficient (Wildman–Crippen LogP) is 1.47. The Bertz CT molecular complexity index is 870. The van der Waals surface area contributed by atoms with Gasteiger partial charge >= 0.3 is 6.36 Å². The lowest BCUT2D eigenvalue weighted by molar-refractivity contribution is -0.274. The molecule has 2 heterocycles. The first-order valence-electron chi connectivity index (χ1n) is 7.45. The number of ether oxygens (including phenoxy) is 1. The summed E-state index contributed by atoms with van der Waals surface area (Å²) in [6, 6.07) is 4.82. The molecule has 2 aromatic rings. The van der Waals surface area contributed by atoms with E-state index in [1.165, 1.54) is 17.0 Å². The van der Waals surface area contributed by atoms with E-state index in [-0.39, 0.29) is 17.9 Å². The second-order valence-electron chi connectivity index (χ2n) is 5.50. The third-order valence-electron chi connectivity index (χ3n) is 3.68. The van der Waals surface area contributed by atoms with Gasteiger partial charge in [0.15, 0.2) is 0 Å². The van der Waals surface area contributed by atoms with Crippen LogP contribution < -0.4 is 10.5 Å². The molecule has 0 spiro atoms. The molecule has 3 rings (SSSR count). The summed E-state index contributed by atoms with van der Waals surface area (Å²) in [4.78, 5) is 32.9. The zero-order valence-electron chi connectivity index (χ0n) is 13.2. The molecule has 1 aromatic carbocycles. The van der Waals surface area contributed by atoms with Crippen LogP contribution in [-0.2, 0) is 13.0 Å². The summed E-state index contributed by atoms with van der Waals surface area (Å²) in [6.45, 7) is 0.379.